The molecule has 0 aliphatic heterocycles. The van der Waals surface area contributed by atoms with Gasteiger partial charge in [0.15, 0.2) is 11.7 Å². The molecule has 0 aliphatic rings. The summed E-state index contributed by atoms with van der Waals surface area (Å²) in [5.74, 6) is -2.45. The fourth-order valence-corrected chi connectivity index (χ4v) is 3.46. The molecule has 11 heteroatoms. The SMILES string of the molecule is CCOC(=O)c1cc(C(=O)OCC(=O)Nc2nc(-c3ccc(C)cc3)cs2)cc([N+](=O)[O-])c1. The van der Waals surface area contributed by atoms with E-state index in [1.165, 1.54) is 11.3 Å². The molecule has 1 N–H and O–H groups in total. The number of anilines is 1. The van der Waals surface area contributed by atoms with Gasteiger partial charge in [-0.25, -0.2) is 14.6 Å². The largest absolute Gasteiger partial charge is 0.462 e. The molecule has 0 spiro atoms. The minimum absolute atomic E-state index is 0.0594. The molecule has 0 unspecified atom stereocenters. The molecule has 10 nitrogen and oxygen atoms in total. The summed E-state index contributed by atoms with van der Waals surface area (Å²) in [7, 11) is 0. The zero-order valence-electron chi connectivity index (χ0n) is 17.7. The van der Waals surface area contributed by atoms with E-state index in [9.17, 15) is 24.5 Å². The van der Waals surface area contributed by atoms with Gasteiger partial charge in [-0.2, -0.15) is 0 Å². The van der Waals surface area contributed by atoms with Gasteiger partial charge in [-0.15, -0.1) is 11.3 Å². The molecule has 0 bridgehead atoms. The lowest BCUT2D eigenvalue weighted by atomic mass is 10.1. The lowest BCUT2D eigenvalue weighted by Crippen LogP contribution is -2.21. The van der Waals surface area contributed by atoms with Crippen LogP contribution < -0.4 is 5.32 Å². The molecule has 0 radical (unpaired) electrons. The monoisotopic (exact) mass is 469 g/mol. The quantitative estimate of drug-likeness (QED) is 0.297. The van der Waals surface area contributed by atoms with Gasteiger partial charge in [-0.05, 0) is 19.9 Å². The van der Waals surface area contributed by atoms with Crippen LogP contribution in [0.1, 0.15) is 33.2 Å². The predicted molar refractivity (Wildman–Crippen MR) is 120 cm³/mol. The van der Waals surface area contributed by atoms with E-state index in [1.807, 2.05) is 31.2 Å². The van der Waals surface area contributed by atoms with Crippen molar-refractivity contribution < 1.29 is 28.8 Å². The third kappa shape index (κ3) is 6.20. The average molecular weight is 469 g/mol. The molecule has 3 aromatic rings. The maximum absolute atomic E-state index is 12.3. The van der Waals surface area contributed by atoms with Gasteiger partial charge in [0.05, 0.1) is 28.4 Å². The van der Waals surface area contributed by atoms with Gasteiger partial charge in [0, 0.05) is 23.1 Å². The molecule has 0 atom stereocenters. The number of carbonyl (C=O) groups is 3. The van der Waals surface area contributed by atoms with E-state index < -0.39 is 35.1 Å². The van der Waals surface area contributed by atoms with Crippen molar-refractivity contribution in [1.29, 1.82) is 0 Å². The van der Waals surface area contributed by atoms with Crippen LogP contribution in [-0.2, 0) is 14.3 Å². The van der Waals surface area contributed by atoms with Crippen molar-refractivity contribution >= 4 is 40.0 Å². The van der Waals surface area contributed by atoms with E-state index in [2.05, 4.69) is 10.3 Å². The van der Waals surface area contributed by atoms with E-state index in [0.29, 0.717) is 10.8 Å². The average Bonchev–Trinajstić information content (AvgIpc) is 3.26. The zero-order chi connectivity index (χ0) is 24.0. The van der Waals surface area contributed by atoms with Crippen molar-refractivity contribution in [1.82, 2.24) is 4.98 Å². The number of nitrogens with zero attached hydrogens (tertiary/aromatic N) is 2. The lowest BCUT2D eigenvalue weighted by Gasteiger charge is -2.07. The van der Waals surface area contributed by atoms with Crippen molar-refractivity contribution in [3.8, 4) is 11.3 Å². The second-order valence-electron chi connectivity index (χ2n) is 6.77. The van der Waals surface area contributed by atoms with Gasteiger partial charge in [-0.3, -0.25) is 20.2 Å². The Balaban J connectivity index is 1.63. The first-order valence-corrected chi connectivity index (χ1v) is 10.6. The summed E-state index contributed by atoms with van der Waals surface area (Å²) in [5.41, 5.74) is 1.79. The summed E-state index contributed by atoms with van der Waals surface area (Å²) in [6, 6.07) is 10.8. The van der Waals surface area contributed by atoms with Crippen molar-refractivity contribution in [3.63, 3.8) is 0 Å². The summed E-state index contributed by atoms with van der Waals surface area (Å²) in [5, 5.41) is 15.8. The number of esters is 2. The molecule has 170 valence electrons. The number of aryl methyl sites for hydroxylation is 1. The number of non-ortho nitro benzene ring substituents is 1. The number of amides is 1. The van der Waals surface area contributed by atoms with Crippen LogP contribution in [0.2, 0.25) is 0 Å². The molecule has 1 aromatic heterocycles. The van der Waals surface area contributed by atoms with Gasteiger partial charge >= 0.3 is 11.9 Å². The standard InChI is InChI=1S/C22H19N3O7S/c1-3-31-20(27)15-8-16(10-17(9-15)25(29)30)21(28)32-11-19(26)24-22-23-18(12-33-22)14-6-4-13(2)5-7-14/h4-10,12H,3,11H2,1-2H3,(H,23,24,26). The first kappa shape index (κ1) is 23.5. The van der Waals surface area contributed by atoms with Crippen molar-refractivity contribution in [2.45, 2.75) is 13.8 Å². The van der Waals surface area contributed by atoms with Crippen LogP contribution in [0, 0.1) is 17.0 Å². The Morgan fingerprint density at radius 3 is 2.30 bits per heavy atom. The number of ether oxygens (including phenoxy) is 2. The number of benzene rings is 2. The first-order valence-electron chi connectivity index (χ1n) is 9.73. The van der Waals surface area contributed by atoms with Gasteiger partial charge in [0.1, 0.15) is 0 Å². The van der Waals surface area contributed by atoms with E-state index in [0.717, 1.165) is 29.3 Å². The number of hydrogen-bond acceptors (Lipinski definition) is 9. The highest BCUT2D eigenvalue weighted by molar-refractivity contribution is 7.14. The van der Waals surface area contributed by atoms with Crippen LogP contribution in [0.4, 0.5) is 10.8 Å². The van der Waals surface area contributed by atoms with Gasteiger partial charge in [-0.1, -0.05) is 29.8 Å². The Labute approximate surface area is 192 Å². The van der Waals surface area contributed by atoms with Crippen molar-refractivity contribution in [2.75, 3.05) is 18.5 Å². The minimum atomic E-state index is -1.00. The van der Waals surface area contributed by atoms with Gasteiger partial charge < -0.3 is 9.47 Å². The highest BCUT2D eigenvalue weighted by atomic mass is 32.1. The third-order valence-electron chi connectivity index (χ3n) is 4.31. The van der Waals surface area contributed by atoms with E-state index in [1.54, 1.807) is 12.3 Å². The molecule has 3 rings (SSSR count). The maximum atomic E-state index is 12.3. The molecule has 0 fully saturated rings. The second kappa shape index (κ2) is 10.5. The van der Waals surface area contributed by atoms with Gasteiger partial charge in [0.25, 0.3) is 11.6 Å². The Bertz CT molecular complexity index is 1200. The number of carbonyl (C=O) groups excluding carboxylic acids is 3. The number of nitrogens with one attached hydrogen (secondary N) is 1. The zero-order valence-corrected chi connectivity index (χ0v) is 18.5. The molecule has 0 saturated heterocycles. The molecule has 0 saturated carbocycles. The highest BCUT2D eigenvalue weighted by Crippen LogP contribution is 2.25. The molecule has 33 heavy (non-hydrogen) atoms. The van der Waals surface area contributed by atoms with Gasteiger partial charge in [0.2, 0.25) is 0 Å². The number of thiazole rings is 1. The number of rotatable bonds is 8. The maximum Gasteiger partial charge on any atom is 0.338 e. The van der Waals surface area contributed by atoms with E-state index >= 15 is 0 Å². The van der Waals surface area contributed by atoms with Crippen LogP contribution in [0.25, 0.3) is 11.3 Å². The number of nitro groups is 1. The topological polar surface area (TPSA) is 138 Å². The van der Waals surface area contributed by atoms with Crippen LogP contribution in [0.5, 0.6) is 0 Å². The first-order chi connectivity index (χ1) is 15.8. The summed E-state index contributed by atoms with van der Waals surface area (Å²) in [6.07, 6.45) is 0. The fraction of sp³-hybridized carbons (Fsp3) is 0.182. The smallest absolute Gasteiger partial charge is 0.338 e. The molecule has 2 aromatic carbocycles. The summed E-state index contributed by atoms with van der Waals surface area (Å²) in [4.78, 5) is 51.1. The van der Waals surface area contributed by atoms with E-state index in [4.69, 9.17) is 9.47 Å². The Hall–Kier alpha value is -4.12. The van der Waals surface area contributed by atoms with Crippen molar-refractivity contribution in [3.05, 3.63) is 74.6 Å². The number of nitro benzene ring substituents is 1. The third-order valence-corrected chi connectivity index (χ3v) is 5.07. The number of hydrogen-bond donors (Lipinski definition) is 1. The van der Waals surface area contributed by atoms with Crippen molar-refractivity contribution in [2.24, 2.45) is 0 Å². The molecule has 1 heterocycles. The van der Waals surface area contributed by atoms with Crippen LogP contribution in [-0.4, -0.2) is 41.0 Å². The molecular formula is C22H19N3O7S. The molecular weight excluding hydrogens is 450 g/mol. The van der Waals surface area contributed by atoms with Crippen LogP contribution in [0.15, 0.2) is 47.8 Å². The predicted octanol–water partition coefficient (Wildman–Crippen LogP) is 4.00. The molecule has 1 amide bonds. The van der Waals surface area contributed by atoms with Crippen LogP contribution in [0.3, 0.4) is 0 Å². The summed E-state index contributed by atoms with van der Waals surface area (Å²) >= 11 is 1.21. The number of aromatic nitrogens is 1. The fourth-order valence-electron chi connectivity index (χ4n) is 2.72. The minimum Gasteiger partial charge on any atom is -0.462 e. The molecule has 0 aliphatic carbocycles. The summed E-state index contributed by atoms with van der Waals surface area (Å²) in [6.45, 7) is 2.97. The summed E-state index contributed by atoms with van der Waals surface area (Å²) < 4.78 is 9.77. The Kier molecular flexibility index (Phi) is 7.46. The lowest BCUT2D eigenvalue weighted by molar-refractivity contribution is -0.384. The highest BCUT2D eigenvalue weighted by Gasteiger charge is 2.20. The Morgan fingerprint density at radius 2 is 1.70 bits per heavy atom. The Morgan fingerprint density at radius 1 is 1.06 bits per heavy atom. The van der Waals surface area contributed by atoms with Crippen LogP contribution >= 0.6 is 11.3 Å². The normalized spacial score (nSPS) is 10.4. The second-order valence-corrected chi connectivity index (χ2v) is 7.63. The van der Waals surface area contributed by atoms with E-state index in [-0.39, 0.29) is 17.7 Å².